The number of aryl methyl sites for hydroxylation is 1. The van der Waals surface area contributed by atoms with Gasteiger partial charge in [-0.25, -0.2) is 0 Å². The highest BCUT2D eigenvalue weighted by molar-refractivity contribution is 6.31. The van der Waals surface area contributed by atoms with E-state index in [9.17, 15) is 26.3 Å². The van der Waals surface area contributed by atoms with Crippen LogP contribution in [0.5, 0.6) is 0 Å². The summed E-state index contributed by atoms with van der Waals surface area (Å²) in [6.45, 7) is 25.4. The Morgan fingerprint density at radius 3 is 2.14 bits per heavy atom. The van der Waals surface area contributed by atoms with Crippen LogP contribution in [0, 0.1) is 17.8 Å². The third-order valence-corrected chi connectivity index (χ3v) is 19.5. The number of nitrogens with one attached hydrogen (secondary N) is 6. The minimum atomic E-state index is -4.55. The first-order valence-electron chi connectivity index (χ1n) is 31.7. The first-order chi connectivity index (χ1) is 39.9. The summed E-state index contributed by atoms with van der Waals surface area (Å²) in [7, 11) is 3.95. The normalized spacial score (nSPS) is 28.3. The van der Waals surface area contributed by atoms with Gasteiger partial charge in [0.25, 0.3) is 0 Å². The van der Waals surface area contributed by atoms with E-state index < -0.39 is 23.5 Å². The molecule has 2 aromatic rings. The van der Waals surface area contributed by atoms with Crippen LogP contribution in [0.1, 0.15) is 155 Å². The van der Waals surface area contributed by atoms with E-state index in [1.165, 1.54) is 56.4 Å². The number of hydrogen-bond acceptors (Lipinski definition) is 11. The third kappa shape index (κ3) is 19.2. The zero-order valence-corrected chi connectivity index (χ0v) is 52.9. The van der Waals surface area contributed by atoms with Crippen molar-refractivity contribution in [2.45, 2.75) is 205 Å². The highest BCUT2D eigenvalue weighted by Crippen LogP contribution is 2.40. The van der Waals surface area contributed by atoms with Gasteiger partial charge in [-0.05, 0) is 145 Å². The standard InChI is InChI=1S/C66H102ClF6N11/c1-11-45(2)61-38-76-49(6)50(7)77-39-62-46(3)40-84(62)63(54-17-12-13-18-54)51(8)80-64(29-14-15-30-64)44-75-33-32-74-31-28-56(26-22-53-23-27-59(60(67)36-53)66(71,72)73)78-37-48(5)81(9)43-58(35-52-20-24-55(25-21-52)65(68,69)70)82(10)42-57-19-16-34-83(57)41-47(4)79-61/h20-21,23-25,27-28,31,36-37,42-43,45-47,49-51,54,61-63,75-80H,11-19,22,26,29-30,32-35,38-41,44H2,1-10H3/t45-,46+,47?,49-,50?,51?,61+,62?,63+/m0/s1. The number of allylic oxidation sites excluding steroid dienone is 5. The molecule has 2 aromatic carbocycles. The van der Waals surface area contributed by atoms with Crippen molar-refractivity contribution in [1.82, 2.24) is 51.5 Å². The van der Waals surface area contributed by atoms with Gasteiger partial charge in [-0.2, -0.15) is 26.3 Å². The van der Waals surface area contributed by atoms with Crippen LogP contribution in [0.3, 0.4) is 0 Å². The molecule has 84 heavy (non-hydrogen) atoms. The van der Waals surface area contributed by atoms with Gasteiger partial charge in [0.2, 0.25) is 0 Å². The fraction of sp³-hybridized carbons (Fsp3) is 0.682. The molecule has 3 aliphatic heterocycles. The molecule has 6 N–H and O–H groups in total. The zero-order chi connectivity index (χ0) is 60.8. The number of benzene rings is 2. The number of alkyl halides is 6. The fourth-order valence-corrected chi connectivity index (χ4v) is 13.9. The van der Waals surface area contributed by atoms with Crippen molar-refractivity contribution in [2.75, 3.05) is 66.5 Å². The Morgan fingerprint density at radius 2 is 1.49 bits per heavy atom. The average molecular weight is 1200 g/mol. The Morgan fingerprint density at radius 1 is 0.798 bits per heavy atom. The molecule has 0 radical (unpaired) electrons. The van der Waals surface area contributed by atoms with Crippen molar-refractivity contribution in [3.8, 4) is 0 Å². The lowest BCUT2D eigenvalue weighted by molar-refractivity contribution is -0.138. The first-order valence-corrected chi connectivity index (χ1v) is 32.0. The molecule has 5 aliphatic rings. The molecule has 3 heterocycles. The van der Waals surface area contributed by atoms with Gasteiger partial charge in [0.1, 0.15) is 0 Å². The SMILES string of the molecule is CC[C@H](C)[C@H]1CN[C@@H](C)C(C)NCC2[C@H](C)CN2[C@@H](C2CCCC2)C(C)NC2(CCCC2)CNCCN=CC=C(CCc2ccc(C(F)(F)F)c(Cl)c2)NC=C(C)N(C)C=C(Cc2ccc(C(F)(F)F)cc2)N(C)C=C2CCCN2CC(C)N1. The molecular weight excluding hydrogens is 1100 g/mol. The topological polar surface area (TPSA) is 97.5 Å². The van der Waals surface area contributed by atoms with Crippen LogP contribution < -0.4 is 31.9 Å². The number of aliphatic imine (C=N–C) groups is 1. The van der Waals surface area contributed by atoms with E-state index in [4.69, 9.17) is 16.6 Å². The predicted octanol–water partition coefficient (Wildman–Crippen LogP) is 12.7. The Bertz CT molecular complexity index is 2520. The van der Waals surface area contributed by atoms with E-state index >= 15 is 0 Å². The van der Waals surface area contributed by atoms with Crippen molar-refractivity contribution in [2.24, 2.45) is 22.7 Å². The van der Waals surface area contributed by atoms with Crippen LogP contribution in [0.25, 0.3) is 0 Å². The second kappa shape index (κ2) is 31.2. The van der Waals surface area contributed by atoms with E-state index in [1.807, 2.05) is 44.4 Å². The lowest BCUT2D eigenvalue weighted by atomic mass is 9.80. The number of rotatable bonds is 8. The summed E-state index contributed by atoms with van der Waals surface area (Å²) in [5.41, 5.74) is 3.62. The van der Waals surface area contributed by atoms with Crippen molar-refractivity contribution in [3.63, 3.8) is 0 Å². The van der Waals surface area contributed by atoms with Gasteiger partial charge in [0, 0.05) is 162 Å². The number of fused-ring (bicyclic) bond motifs is 2. The van der Waals surface area contributed by atoms with E-state index in [1.54, 1.807) is 18.3 Å². The van der Waals surface area contributed by atoms with Gasteiger partial charge in [0.15, 0.2) is 0 Å². The predicted molar refractivity (Wildman–Crippen MR) is 334 cm³/mol. The molecule has 4 unspecified atom stereocenters. The molecule has 0 amide bonds. The van der Waals surface area contributed by atoms with Gasteiger partial charge in [-0.15, -0.1) is 0 Å². The van der Waals surface area contributed by atoms with Crippen LogP contribution in [0.15, 0.2) is 94.9 Å². The molecule has 18 heteroatoms. The summed E-state index contributed by atoms with van der Waals surface area (Å²) in [4.78, 5) is 14.2. The van der Waals surface area contributed by atoms with Crippen LogP contribution in [-0.2, 0) is 25.2 Å². The summed E-state index contributed by atoms with van der Waals surface area (Å²) >= 11 is 6.17. The average Bonchev–Trinajstić information content (AvgIpc) is 3.26. The maximum Gasteiger partial charge on any atom is 0.417 e. The number of nitrogens with zero attached hydrogens (tertiary/aromatic N) is 5. The zero-order valence-electron chi connectivity index (χ0n) is 52.1. The first kappa shape index (κ1) is 67.4. The molecule has 1 spiro atoms. The van der Waals surface area contributed by atoms with Crippen molar-refractivity contribution in [1.29, 1.82) is 0 Å². The van der Waals surface area contributed by atoms with Crippen LogP contribution in [0.2, 0.25) is 5.02 Å². The smallest absolute Gasteiger partial charge is 0.372 e. The highest BCUT2D eigenvalue weighted by atomic mass is 35.5. The Balaban J connectivity index is 1.17. The molecule has 0 bridgehead atoms. The minimum absolute atomic E-state index is 0.0214. The Kier molecular flexibility index (Phi) is 25.0. The quantitative estimate of drug-likeness (QED) is 0.144. The molecule has 2 aliphatic carbocycles. The summed E-state index contributed by atoms with van der Waals surface area (Å²) in [6, 6.07) is 11.7. The van der Waals surface area contributed by atoms with Gasteiger partial charge >= 0.3 is 12.4 Å². The molecule has 4 fully saturated rings. The highest BCUT2D eigenvalue weighted by Gasteiger charge is 2.47. The van der Waals surface area contributed by atoms with E-state index in [0.29, 0.717) is 73.8 Å². The molecule has 470 valence electrons. The van der Waals surface area contributed by atoms with Gasteiger partial charge in [0.05, 0.1) is 22.7 Å². The summed E-state index contributed by atoms with van der Waals surface area (Å²) in [5, 5.41) is 23.3. The monoisotopic (exact) mass is 1200 g/mol. The molecule has 11 nitrogen and oxygen atoms in total. The van der Waals surface area contributed by atoms with Crippen LogP contribution in [0.4, 0.5) is 26.3 Å². The second-order valence-corrected chi connectivity index (χ2v) is 26.1. The lowest BCUT2D eigenvalue weighted by Gasteiger charge is -2.55. The van der Waals surface area contributed by atoms with Crippen LogP contribution in [-0.4, -0.2) is 140 Å². The van der Waals surface area contributed by atoms with Crippen molar-refractivity contribution >= 4 is 17.8 Å². The van der Waals surface area contributed by atoms with Crippen LogP contribution >= 0.6 is 11.6 Å². The largest absolute Gasteiger partial charge is 0.417 e. The second-order valence-electron chi connectivity index (χ2n) is 25.7. The fourth-order valence-electron chi connectivity index (χ4n) is 13.6. The molecule has 2 saturated heterocycles. The summed E-state index contributed by atoms with van der Waals surface area (Å²) in [5.74, 6) is 1.78. The summed E-state index contributed by atoms with van der Waals surface area (Å²) in [6.07, 6.45) is 15.0. The van der Waals surface area contributed by atoms with Gasteiger partial charge in [-0.1, -0.05) is 82.7 Å². The minimum Gasteiger partial charge on any atom is -0.372 e. The number of halogens is 7. The number of hydrogen-bond donors (Lipinski definition) is 6. The Hall–Kier alpha value is -4.10. The van der Waals surface area contributed by atoms with E-state index in [-0.39, 0.29) is 34.7 Å². The molecule has 9 atom stereocenters. The molecule has 7 rings (SSSR count). The third-order valence-electron chi connectivity index (χ3n) is 19.2. The maximum absolute atomic E-state index is 13.7. The van der Waals surface area contributed by atoms with Gasteiger partial charge < -0.3 is 46.6 Å². The Labute approximate surface area is 505 Å². The molecular formula is C66H102ClF6N11. The van der Waals surface area contributed by atoms with E-state index in [0.717, 1.165) is 112 Å². The van der Waals surface area contributed by atoms with Crippen molar-refractivity contribution < 1.29 is 26.3 Å². The lowest BCUT2D eigenvalue weighted by Crippen LogP contribution is -2.70. The molecule has 0 aromatic heterocycles. The van der Waals surface area contributed by atoms with Crippen molar-refractivity contribution in [3.05, 3.63) is 117 Å². The maximum atomic E-state index is 13.7. The van der Waals surface area contributed by atoms with Gasteiger partial charge in [-0.3, -0.25) is 9.89 Å². The molecule has 2 saturated carbocycles. The number of likely N-dealkylation sites (N-methyl/N-ethyl adjacent to an activating group) is 1. The van der Waals surface area contributed by atoms with E-state index in [2.05, 4.69) is 101 Å². The summed E-state index contributed by atoms with van der Waals surface area (Å²) < 4.78 is 82.1.